The topological polar surface area (TPSA) is 85.1 Å². The summed E-state index contributed by atoms with van der Waals surface area (Å²) < 4.78 is 1.82. The van der Waals surface area contributed by atoms with E-state index in [1.165, 1.54) is 11.8 Å². The van der Waals surface area contributed by atoms with Crippen molar-refractivity contribution in [1.29, 1.82) is 0 Å². The molecule has 0 aliphatic heterocycles. The van der Waals surface area contributed by atoms with Crippen LogP contribution in [0, 0.1) is 13.8 Å². The Labute approximate surface area is 141 Å². The molecular weight excluding hydrogens is 336 g/mol. The van der Waals surface area contributed by atoms with Crippen LogP contribution in [0.25, 0.3) is 5.78 Å². The van der Waals surface area contributed by atoms with Gasteiger partial charge in [-0.3, -0.25) is 9.20 Å². The lowest BCUT2D eigenvalue weighted by atomic mass is 10.3. The molecule has 7 nitrogen and oxygen atoms in total. The number of nitrogens with zero attached hydrogens (tertiary/aromatic N) is 5. The molecule has 23 heavy (non-hydrogen) atoms. The van der Waals surface area contributed by atoms with Gasteiger partial charge < -0.3 is 5.32 Å². The second-order valence-electron chi connectivity index (χ2n) is 4.84. The molecule has 0 bridgehead atoms. The molecule has 0 radical (unpaired) electrons. The molecule has 3 aromatic rings. The lowest BCUT2D eigenvalue weighted by Crippen LogP contribution is -2.15. The maximum atomic E-state index is 12.0. The number of fused-ring (bicyclic) bond motifs is 1. The monoisotopic (exact) mass is 348 g/mol. The number of rotatable bonds is 4. The molecule has 0 spiro atoms. The Morgan fingerprint density at radius 2 is 2.22 bits per heavy atom. The van der Waals surface area contributed by atoms with Crippen LogP contribution in [0.4, 0.5) is 5.69 Å². The Morgan fingerprint density at radius 3 is 3.00 bits per heavy atom. The summed E-state index contributed by atoms with van der Waals surface area (Å²) in [5.41, 5.74) is 2.33. The SMILES string of the molecule is Cc1cc(C)n2c(SCC(=O)Nc3cccnc3Cl)nnc2n1. The van der Waals surface area contributed by atoms with Gasteiger partial charge in [0.1, 0.15) is 0 Å². The summed E-state index contributed by atoms with van der Waals surface area (Å²) in [6.45, 7) is 3.85. The number of carbonyl (C=O) groups excluding carboxylic acids is 1. The normalized spacial score (nSPS) is 10.9. The van der Waals surface area contributed by atoms with Gasteiger partial charge in [-0.15, -0.1) is 10.2 Å². The van der Waals surface area contributed by atoms with E-state index in [4.69, 9.17) is 11.6 Å². The van der Waals surface area contributed by atoms with Crippen LogP contribution in [-0.4, -0.2) is 36.2 Å². The zero-order chi connectivity index (χ0) is 16.4. The largest absolute Gasteiger partial charge is 0.323 e. The van der Waals surface area contributed by atoms with Crippen molar-refractivity contribution in [2.75, 3.05) is 11.1 Å². The molecule has 1 amide bonds. The number of amides is 1. The maximum Gasteiger partial charge on any atom is 0.256 e. The van der Waals surface area contributed by atoms with Gasteiger partial charge in [-0.25, -0.2) is 9.97 Å². The van der Waals surface area contributed by atoms with Crippen molar-refractivity contribution >= 4 is 40.7 Å². The average Bonchev–Trinajstić information content (AvgIpc) is 2.90. The van der Waals surface area contributed by atoms with Crippen molar-refractivity contribution < 1.29 is 4.79 Å². The first-order chi connectivity index (χ1) is 11.0. The minimum atomic E-state index is -0.195. The van der Waals surface area contributed by atoms with E-state index in [1.54, 1.807) is 18.3 Å². The minimum absolute atomic E-state index is 0.180. The van der Waals surface area contributed by atoms with Crippen LogP contribution >= 0.6 is 23.4 Å². The summed E-state index contributed by atoms with van der Waals surface area (Å²) in [5, 5.41) is 11.7. The summed E-state index contributed by atoms with van der Waals surface area (Å²) >= 11 is 7.20. The van der Waals surface area contributed by atoms with E-state index in [1.807, 2.05) is 24.3 Å². The quantitative estimate of drug-likeness (QED) is 0.576. The zero-order valence-corrected chi connectivity index (χ0v) is 14.0. The number of nitrogens with one attached hydrogen (secondary N) is 1. The molecule has 0 aromatic carbocycles. The molecule has 3 aromatic heterocycles. The number of hydrogen-bond donors (Lipinski definition) is 1. The van der Waals surface area contributed by atoms with Gasteiger partial charge in [0, 0.05) is 17.6 Å². The van der Waals surface area contributed by atoms with Gasteiger partial charge in [-0.1, -0.05) is 23.4 Å². The number of carbonyl (C=O) groups is 1. The van der Waals surface area contributed by atoms with Crippen LogP contribution in [0.3, 0.4) is 0 Å². The highest BCUT2D eigenvalue weighted by Crippen LogP contribution is 2.21. The summed E-state index contributed by atoms with van der Waals surface area (Å²) in [5.74, 6) is 0.513. The highest BCUT2D eigenvalue weighted by atomic mass is 35.5. The number of aryl methyl sites for hydroxylation is 2. The lowest BCUT2D eigenvalue weighted by molar-refractivity contribution is -0.113. The van der Waals surface area contributed by atoms with Crippen molar-refractivity contribution in [3.8, 4) is 0 Å². The number of aromatic nitrogens is 5. The lowest BCUT2D eigenvalue weighted by Gasteiger charge is -2.06. The second kappa shape index (κ2) is 6.51. The van der Waals surface area contributed by atoms with Crippen molar-refractivity contribution in [3.63, 3.8) is 0 Å². The average molecular weight is 349 g/mol. The molecule has 0 aliphatic carbocycles. The number of hydrogen-bond acceptors (Lipinski definition) is 6. The van der Waals surface area contributed by atoms with Crippen molar-refractivity contribution in [2.24, 2.45) is 0 Å². The Kier molecular flexibility index (Phi) is 4.44. The van der Waals surface area contributed by atoms with Crippen LogP contribution in [0.15, 0.2) is 29.6 Å². The van der Waals surface area contributed by atoms with Crippen molar-refractivity contribution in [3.05, 3.63) is 40.9 Å². The summed E-state index contributed by atoms with van der Waals surface area (Å²) in [7, 11) is 0. The fraction of sp³-hybridized carbons (Fsp3) is 0.214. The Balaban J connectivity index is 1.71. The first-order valence-corrected chi connectivity index (χ1v) is 8.13. The van der Waals surface area contributed by atoms with Gasteiger partial charge in [0.25, 0.3) is 5.78 Å². The van der Waals surface area contributed by atoms with Crippen molar-refractivity contribution in [2.45, 2.75) is 19.0 Å². The van der Waals surface area contributed by atoms with E-state index in [0.29, 0.717) is 16.6 Å². The van der Waals surface area contributed by atoms with E-state index in [9.17, 15) is 4.79 Å². The van der Waals surface area contributed by atoms with Crippen LogP contribution in [0.5, 0.6) is 0 Å². The third-order valence-corrected chi connectivity index (χ3v) is 4.26. The maximum absolute atomic E-state index is 12.0. The fourth-order valence-corrected chi connectivity index (χ4v) is 3.04. The Bertz CT molecular complexity index is 881. The molecule has 3 rings (SSSR count). The molecule has 9 heteroatoms. The Morgan fingerprint density at radius 1 is 1.39 bits per heavy atom. The number of halogens is 1. The van der Waals surface area contributed by atoms with Gasteiger partial charge in [-0.2, -0.15) is 0 Å². The van der Waals surface area contributed by atoms with Gasteiger partial charge in [-0.05, 0) is 32.0 Å². The predicted octanol–water partition coefficient (Wildman–Crippen LogP) is 2.52. The third kappa shape index (κ3) is 3.43. The molecule has 0 unspecified atom stereocenters. The van der Waals surface area contributed by atoms with E-state index in [-0.39, 0.29) is 16.8 Å². The molecule has 0 saturated heterocycles. The number of thioether (sulfide) groups is 1. The summed E-state index contributed by atoms with van der Waals surface area (Å²) in [4.78, 5) is 20.3. The van der Waals surface area contributed by atoms with Gasteiger partial charge in [0.2, 0.25) is 5.91 Å². The zero-order valence-electron chi connectivity index (χ0n) is 12.4. The first-order valence-electron chi connectivity index (χ1n) is 6.77. The van der Waals surface area contributed by atoms with Crippen LogP contribution in [0.1, 0.15) is 11.4 Å². The number of pyridine rings is 1. The van der Waals surface area contributed by atoms with Crippen LogP contribution < -0.4 is 5.32 Å². The van der Waals surface area contributed by atoms with E-state index >= 15 is 0 Å². The Hall–Kier alpha value is -2.19. The minimum Gasteiger partial charge on any atom is -0.323 e. The molecule has 0 fully saturated rings. The fourth-order valence-electron chi connectivity index (χ4n) is 2.09. The van der Waals surface area contributed by atoms with Crippen LogP contribution in [0.2, 0.25) is 5.15 Å². The standard InChI is InChI=1S/C14H13ClN6OS/c1-8-6-9(2)21-13(17-8)19-20-14(21)23-7-11(22)18-10-4-3-5-16-12(10)15/h3-6H,7H2,1-2H3,(H,18,22). The highest BCUT2D eigenvalue weighted by molar-refractivity contribution is 7.99. The summed E-state index contributed by atoms with van der Waals surface area (Å²) in [6.07, 6.45) is 1.56. The van der Waals surface area contributed by atoms with Gasteiger partial charge in [0.05, 0.1) is 11.4 Å². The second-order valence-corrected chi connectivity index (χ2v) is 6.14. The smallest absolute Gasteiger partial charge is 0.256 e. The van der Waals surface area contributed by atoms with Crippen molar-refractivity contribution in [1.82, 2.24) is 24.6 Å². The molecular formula is C14H13ClN6OS. The first kappa shape index (κ1) is 15.7. The van der Waals surface area contributed by atoms with Gasteiger partial charge in [0.15, 0.2) is 10.3 Å². The highest BCUT2D eigenvalue weighted by Gasteiger charge is 2.13. The van der Waals surface area contributed by atoms with E-state index in [2.05, 4.69) is 25.5 Å². The van der Waals surface area contributed by atoms with E-state index < -0.39 is 0 Å². The molecule has 3 heterocycles. The molecule has 0 saturated carbocycles. The molecule has 118 valence electrons. The van der Waals surface area contributed by atoms with Crippen LogP contribution in [-0.2, 0) is 4.79 Å². The molecule has 1 N–H and O–H groups in total. The predicted molar refractivity (Wildman–Crippen MR) is 88.9 cm³/mol. The molecule has 0 atom stereocenters. The van der Waals surface area contributed by atoms with E-state index in [0.717, 1.165) is 11.4 Å². The van der Waals surface area contributed by atoms with Gasteiger partial charge >= 0.3 is 0 Å². The molecule has 0 aliphatic rings. The number of anilines is 1. The third-order valence-electron chi connectivity index (χ3n) is 3.03. The summed E-state index contributed by atoms with van der Waals surface area (Å²) in [6, 6.07) is 5.34.